The summed E-state index contributed by atoms with van der Waals surface area (Å²) >= 11 is 0. The minimum atomic E-state index is -0.464. The molecule has 0 atom stereocenters. The zero-order valence-electron chi connectivity index (χ0n) is 8.21. The summed E-state index contributed by atoms with van der Waals surface area (Å²) in [4.78, 5) is 15.3. The Hall–Kier alpha value is -2.17. The maximum Gasteiger partial charge on any atom is 0.249 e. The van der Waals surface area contributed by atoms with Crippen LogP contribution in [0, 0.1) is 0 Å². The third-order valence-electron chi connectivity index (χ3n) is 2.14. The fourth-order valence-electron chi connectivity index (χ4n) is 1.43. The van der Waals surface area contributed by atoms with Gasteiger partial charge in [-0.1, -0.05) is 18.2 Å². The molecule has 2 N–H and O–H groups in total. The number of hydrogen-bond acceptors (Lipinski definition) is 3. The Kier molecular flexibility index (Phi) is 2.21. The molecule has 1 amide bonds. The normalized spacial score (nSPS) is 10.2. The van der Waals surface area contributed by atoms with Crippen molar-refractivity contribution in [2.45, 2.75) is 0 Å². The summed E-state index contributed by atoms with van der Waals surface area (Å²) in [7, 11) is 1.76. The fraction of sp³-hybridized carbons (Fsp3) is 0.100. The molecule has 0 aliphatic heterocycles. The standard InChI is InChI=1S/C10H10N4O/c1-14-10(12-6-13-14)8-5-3-2-4-7(8)9(11)15/h2-6H,1H3,(H2,11,15). The topological polar surface area (TPSA) is 73.8 Å². The van der Waals surface area contributed by atoms with Gasteiger partial charge in [0.15, 0.2) is 5.82 Å². The highest BCUT2D eigenvalue weighted by molar-refractivity contribution is 5.98. The molecule has 0 bridgehead atoms. The molecule has 0 fully saturated rings. The SMILES string of the molecule is Cn1ncnc1-c1ccccc1C(N)=O. The Morgan fingerprint density at radius 3 is 2.73 bits per heavy atom. The third kappa shape index (κ3) is 1.59. The van der Waals surface area contributed by atoms with Gasteiger partial charge in [-0.05, 0) is 6.07 Å². The van der Waals surface area contributed by atoms with Crippen LogP contribution >= 0.6 is 0 Å². The lowest BCUT2D eigenvalue weighted by atomic mass is 10.1. The van der Waals surface area contributed by atoms with Crippen molar-refractivity contribution >= 4 is 5.91 Å². The first kappa shape index (κ1) is 9.39. The molecular formula is C10H10N4O. The van der Waals surface area contributed by atoms with Gasteiger partial charge in [0.2, 0.25) is 5.91 Å². The average molecular weight is 202 g/mol. The monoisotopic (exact) mass is 202 g/mol. The second kappa shape index (κ2) is 3.53. The Labute approximate surface area is 86.5 Å². The molecule has 2 rings (SSSR count). The number of hydrogen-bond donors (Lipinski definition) is 1. The van der Waals surface area contributed by atoms with Gasteiger partial charge in [-0.25, -0.2) is 9.67 Å². The van der Waals surface area contributed by atoms with E-state index >= 15 is 0 Å². The number of aromatic nitrogens is 3. The molecule has 0 aliphatic carbocycles. The van der Waals surface area contributed by atoms with Crippen LogP contribution in [0.3, 0.4) is 0 Å². The van der Waals surface area contributed by atoms with Gasteiger partial charge in [-0.15, -0.1) is 0 Å². The lowest BCUT2D eigenvalue weighted by Gasteiger charge is -2.04. The maximum atomic E-state index is 11.2. The van der Waals surface area contributed by atoms with Crippen molar-refractivity contribution in [1.82, 2.24) is 14.8 Å². The lowest BCUT2D eigenvalue weighted by molar-refractivity contribution is 0.100. The van der Waals surface area contributed by atoms with Crippen LogP contribution < -0.4 is 5.73 Å². The van der Waals surface area contributed by atoms with Gasteiger partial charge in [0.05, 0.1) is 5.56 Å². The Morgan fingerprint density at radius 1 is 1.40 bits per heavy atom. The van der Waals surface area contributed by atoms with Crippen LogP contribution in [0.15, 0.2) is 30.6 Å². The first-order valence-corrected chi connectivity index (χ1v) is 4.43. The van der Waals surface area contributed by atoms with E-state index in [1.807, 2.05) is 6.07 Å². The number of aryl methyl sites for hydroxylation is 1. The van der Waals surface area contributed by atoms with E-state index in [-0.39, 0.29) is 0 Å². The second-order valence-electron chi connectivity index (χ2n) is 3.12. The van der Waals surface area contributed by atoms with Crippen LogP contribution in [0.25, 0.3) is 11.4 Å². The minimum absolute atomic E-state index is 0.452. The largest absolute Gasteiger partial charge is 0.366 e. The number of nitrogens with two attached hydrogens (primary N) is 1. The number of benzene rings is 1. The van der Waals surface area contributed by atoms with Crippen LogP contribution in [0.4, 0.5) is 0 Å². The number of nitrogens with zero attached hydrogens (tertiary/aromatic N) is 3. The molecule has 76 valence electrons. The molecular weight excluding hydrogens is 192 g/mol. The number of carbonyl (C=O) groups excluding carboxylic acids is 1. The zero-order valence-corrected chi connectivity index (χ0v) is 8.21. The van der Waals surface area contributed by atoms with E-state index in [2.05, 4.69) is 10.1 Å². The van der Waals surface area contributed by atoms with Crippen molar-refractivity contribution < 1.29 is 4.79 Å². The summed E-state index contributed by atoms with van der Waals surface area (Å²) < 4.78 is 1.60. The van der Waals surface area contributed by atoms with E-state index < -0.39 is 5.91 Å². The Bertz CT molecular complexity index is 504. The first-order chi connectivity index (χ1) is 7.20. The van der Waals surface area contributed by atoms with Crippen LogP contribution in [-0.2, 0) is 7.05 Å². The number of carbonyl (C=O) groups is 1. The smallest absolute Gasteiger partial charge is 0.249 e. The van der Waals surface area contributed by atoms with Crippen molar-refractivity contribution in [2.75, 3.05) is 0 Å². The molecule has 0 spiro atoms. The molecule has 0 saturated carbocycles. The van der Waals surface area contributed by atoms with Gasteiger partial charge >= 0.3 is 0 Å². The lowest BCUT2D eigenvalue weighted by Crippen LogP contribution is -2.13. The van der Waals surface area contributed by atoms with Gasteiger partial charge < -0.3 is 5.73 Å². The van der Waals surface area contributed by atoms with Crippen molar-refractivity contribution in [3.63, 3.8) is 0 Å². The predicted molar refractivity (Wildman–Crippen MR) is 55.0 cm³/mol. The van der Waals surface area contributed by atoms with E-state index in [1.54, 1.807) is 29.9 Å². The summed E-state index contributed by atoms with van der Waals surface area (Å²) in [6.45, 7) is 0. The summed E-state index contributed by atoms with van der Waals surface area (Å²) in [5.74, 6) is 0.165. The van der Waals surface area contributed by atoms with E-state index in [4.69, 9.17) is 5.73 Å². The Balaban J connectivity index is 2.63. The molecule has 1 heterocycles. The van der Waals surface area contributed by atoms with Crippen molar-refractivity contribution in [3.8, 4) is 11.4 Å². The molecule has 2 aromatic rings. The molecule has 0 unspecified atom stereocenters. The molecule has 1 aromatic heterocycles. The van der Waals surface area contributed by atoms with E-state index in [1.165, 1.54) is 6.33 Å². The van der Waals surface area contributed by atoms with Crippen LogP contribution in [-0.4, -0.2) is 20.7 Å². The Morgan fingerprint density at radius 2 is 2.13 bits per heavy atom. The number of rotatable bonds is 2. The predicted octanol–water partition coefficient (Wildman–Crippen LogP) is 0.581. The molecule has 5 nitrogen and oxygen atoms in total. The molecule has 0 aliphatic rings. The maximum absolute atomic E-state index is 11.2. The molecule has 0 radical (unpaired) electrons. The van der Waals surface area contributed by atoms with Crippen molar-refractivity contribution in [2.24, 2.45) is 12.8 Å². The van der Waals surface area contributed by atoms with Gasteiger partial charge in [0.1, 0.15) is 6.33 Å². The van der Waals surface area contributed by atoms with E-state index in [0.29, 0.717) is 17.0 Å². The first-order valence-electron chi connectivity index (χ1n) is 4.43. The van der Waals surface area contributed by atoms with Gasteiger partial charge in [0, 0.05) is 12.6 Å². The number of primary amides is 1. The summed E-state index contributed by atoms with van der Waals surface area (Å²) in [6, 6.07) is 7.06. The van der Waals surface area contributed by atoms with E-state index in [9.17, 15) is 4.79 Å². The number of amides is 1. The highest BCUT2D eigenvalue weighted by atomic mass is 16.1. The summed E-state index contributed by atoms with van der Waals surface area (Å²) in [5.41, 5.74) is 6.43. The van der Waals surface area contributed by atoms with Gasteiger partial charge in [-0.2, -0.15) is 5.10 Å². The minimum Gasteiger partial charge on any atom is -0.366 e. The highest BCUT2D eigenvalue weighted by Crippen LogP contribution is 2.19. The molecule has 0 saturated heterocycles. The van der Waals surface area contributed by atoms with Gasteiger partial charge in [0.25, 0.3) is 0 Å². The van der Waals surface area contributed by atoms with Gasteiger partial charge in [-0.3, -0.25) is 4.79 Å². The molecule has 1 aromatic carbocycles. The van der Waals surface area contributed by atoms with E-state index in [0.717, 1.165) is 0 Å². The van der Waals surface area contributed by atoms with Crippen LogP contribution in [0.5, 0.6) is 0 Å². The summed E-state index contributed by atoms with van der Waals surface area (Å²) in [6.07, 6.45) is 1.44. The fourth-order valence-corrected chi connectivity index (χ4v) is 1.43. The second-order valence-corrected chi connectivity index (χ2v) is 3.12. The zero-order chi connectivity index (χ0) is 10.8. The van der Waals surface area contributed by atoms with Crippen molar-refractivity contribution in [3.05, 3.63) is 36.2 Å². The van der Waals surface area contributed by atoms with Crippen LogP contribution in [0.2, 0.25) is 0 Å². The third-order valence-corrected chi connectivity index (χ3v) is 2.14. The quantitative estimate of drug-likeness (QED) is 0.774. The summed E-state index contributed by atoms with van der Waals surface area (Å²) in [5, 5.41) is 3.95. The average Bonchev–Trinajstić information content (AvgIpc) is 2.64. The highest BCUT2D eigenvalue weighted by Gasteiger charge is 2.12. The van der Waals surface area contributed by atoms with Crippen molar-refractivity contribution in [1.29, 1.82) is 0 Å². The molecule has 15 heavy (non-hydrogen) atoms. The van der Waals surface area contributed by atoms with Crippen LogP contribution in [0.1, 0.15) is 10.4 Å². The molecule has 5 heteroatoms.